The summed E-state index contributed by atoms with van der Waals surface area (Å²) in [6, 6.07) is 0.203. The molecule has 0 aliphatic carbocycles. The van der Waals surface area contributed by atoms with Crippen molar-refractivity contribution in [1.82, 2.24) is 10.2 Å². The molecule has 8 heteroatoms. The van der Waals surface area contributed by atoms with Gasteiger partial charge in [-0.15, -0.1) is 11.3 Å². The lowest BCUT2D eigenvalue weighted by Crippen LogP contribution is -2.50. The molecule has 0 bridgehead atoms. The molecule has 0 saturated carbocycles. The van der Waals surface area contributed by atoms with Gasteiger partial charge in [-0.25, -0.2) is 4.79 Å². The standard InChI is InChI=1S/C12H12N2O4S2/c15-10(7-5-20-12(18)13-7)14-3-1-8-6(2-4-19-8)9(14)11(16)17/h2,4,7,9H,1,3,5H2,(H,13,18)(H,16,17). The van der Waals surface area contributed by atoms with Crippen LogP contribution in [-0.4, -0.2) is 45.5 Å². The number of rotatable bonds is 2. The molecule has 0 aromatic carbocycles. The van der Waals surface area contributed by atoms with E-state index in [4.69, 9.17) is 0 Å². The molecule has 2 aliphatic rings. The number of aliphatic carboxylic acids is 1. The zero-order valence-electron chi connectivity index (χ0n) is 10.4. The molecule has 1 aromatic rings. The number of fused-ring (bicyclic) bond motifs is 1. The third kappa shape index (κ3) is 2.18. The quantitative estimate of drug-likeness (QED) is 0.853. The molecule has 3 rings (SSSR count). The van der Waals surface area contributed by atoms with Crippen molar-refractivity contribution < 1.29 is 19.5 Å². The summed E-state index contributed by atoms with van der Waals surface area (Å²) < 4.78 is 0. The molecular formula is C12H12N2O4S2. The highest BCUT2D eigenvalue weighted by molar-refractivity contribution is 8.14. The number of amides is 2. The van der Waals surface area contributed by atoms with E-state index >= 15 is 0 Å². The Morgan fingerprint density at radius 3 is 2.90 bits per heavy atom. The first-order chi connectivity index (χ1) is 9.58. The zero-order chi connectivity index (χ0) is 14.3. The highest BCUT2D eigenvalue weighted by Gasteiger charge is 2.40. The molecule has 6 nitrogen and oxygen atoms in total. The average Bonchev–Trinajstić information content (AvgIpc) is 3.04. The topological polar surface area (TPSA) is 86.7 Å². The Hall–Kier alpha value is -1.54. The van der Waals surface area contributed by atoms with Crippen LogP contribution in [0.5, 0.6) is 0 Å². The van der Waals surface area contributed by atoms with Gasteiger partial charge in [-0.1, -0.05) is 11.8 Å². The number of nitrogens with zero attached hydrogens (tertiary/aromatic N) is 1. The van der Waals surface area contributed by atoms with Gasteiger partial charge < -0.3 is 15.3 Å². The van der Waals surface area contributed by atoms with Crippen LogP contribution in [0.2, 0.25) is 0 Å². The van der Waals surface area contributed by atoms with Crippen molar-refractivity contribution >= 4 is 40.2 Å². The molecule has 1 fully saturated rings. The van der Waals surface area contributed by atoms with E-state index in [0.29, 0.717) is 24.3 Å². The fraction of sp³-hybridized carbons (Fsp3) is 0.417. The number of hydrogen-bond donors (Lipinski definition) is 2. The smallest absolute Gasteiger partial charge is 0.331 e. The van der Waals surface area contributed by atoms with Crippen molar-refractivity contribution in [3.05, 3.63) is 21.9 Å². The number of carbonyl (C=O) groups excluding carboxylic acids is 2. The lowest BCUT2D eigenvalue weighted by Gasteiger charge is -2.34. The predicted octanol–water partition coefficient (Wildman–Crippen LogP) is 1.08. The van der Waals surface area contributed by atoms with E-state index in [1.807, 2.05) is 5.38 Å². The predicted molar refractivity (Wildman–Crippen MR) is 74.9 cm³/mol. The van der Waals surface area contributed by atoms with Crippen molar-refractivity contribution in [2.45, 2.75) is 18.5 Å². The highest BCUT2D eigenvalue weighted by atomic mass is 32.2. The maximum Gasteiger partial charge on any atom is 0.331 e. The minimum Gasteiger partial charge on any atom is -0.479 e. The van der Waals surface area contributed by atoms with Crippen molar-refractivity contribution in [3.8, 4) is 0 Å². The number of carboxylic acid groups (broad SMARTS) is 1. The van der Waals surface area contributed by atoms with Crippen molar-refractivity contribution in [3.63, 3.8) is 0 Å². The molecule has 20 heavy (non-hydrogen) atoms. The van der Waals surface area contributed by atoms with Gasteiger partial charge in [-0.3, -0.25) is 9.59 Å². The van der Waals surface area contributed by atoms with Gasteiger partial charge >= 0.3 is 5.97 Å². The van der Waals surface area contributed by atoms with Crippen LogP contribution >= 0.6 is 23.1 Å². The minimum atomic E-state index is -1.03. The maximum atomic E-state index is 12.4. The molecule has 1 saturated heterocycles. The monoisotopic (exact) mass is 312 g/mol. The SMILES string of the molecule is O=C1NC(C(=O)N2CCc3sccc3C2C(=O)O)CS1. The Morgan fingerprint density at radius 1 is 1.45 bits per heavy atom. The Balaban J connectivity index is 1.87. The third-order valence-electron chi connectivity index (χ3n) is 3.45. The van der Waals surface area contributed by atoms with E-state index in [-0.39, 0.29) is 11.1 Å². The summed E-state index contributed by atoms with van der Waals surface area (Å²) in [4.78, 5) is 37.5. The number of carbonyl (C=O) groups is 3. The van der Waals surface area contributed by atoms with Gasteiger partial charge in [0.15, 0.2) is 6.04 Å². The lowest BCUT2D eigenvalue weighted by atomic mass is 9.99. The summed E-state index contributed by atoms with van der Waals surface area (Å²) in [6.07, 6.45) is 0.663. The maximum absolute atomic E-state index is 12.4. The number of thioether (sulfide) groups is 1. The largest absolute Gasteiger partial charge is 0.479 e. The molecule has 2 unspecified atom stereocenters. The van der Waals surface area contributed by atoms with E-state index < -0.39 is 18.1 Å². The van der Waals surface area contributed by atoms with Gasteiger partial charge in [-0.2, -0.15) is 0 Å². The second-order valence-corrected chi connectivity index (χ2v) is 6.61. The summed E-state index contributed by atoms with van der Waals surface area (Å²) in [5.41, 5.74) is 0.694. The molecule has 2 aliphatic heterocycles. The van der Waals surface area contributed by atoms with Gasteiger partial charge in [0.1, 0.15) is 6.04 Å². The summed E-state index contributed by atoms with van der Waals surface area (Å²) in [7, 11) is 0. The van der Waals surface area contributed by atoms with Crippen LogP contribution in [-0.2, 0) is 16.0 Å². The van der Waals surface area contributed by atoms with Crippen molar-refractivity contribution in [2.75, 3.05) is 12.3 Å². The number of carboxylic acids is 1. The van der Waals surface area contributed by atoms with E-state index in [9.17, 15) is 19.5 Å². The van der Waals surface area contributed by atoms with E-state index in [0.717, 1.165) is 16.6 Å². The molecule has 0 spiro atoms. The zero-order valence-corrected chi connectivity index (χ0v) is 12.0. The summed E-state index contributed by atoms with van der Waals surface area (Å²) >= 11 is 2.57. The van der Waals surface area contributed by atoms with Crippen LogP contribution in [0.15, 0.2) is 11.4 Å². The summed E-state index contributed by atoms with van der Waals surface area (Å²) in [5.74, 6) is -0.987. The molecule has 3 heterocycles. The third-order valence-corrected chi connectivity index (χ3v) is 5.33. The van der Waals surface area contributed by atoms with E-state index in [2.05, 4.69) is 5.32 Å². The molecule has 0 radical (unpaired) electrons. The van der Waals surface area contributed by atoms with Crippen molar-refractivity contribution in [2.24, 2.45) is 0 Å². The van der Waals surface area contributed by atoms with Crippen LogP contribution in [0.25, 0.3) is 0 Å². The summed E-state index contributed by atoms with van der Waals surface area (Å²) in [6.45, 7) is 0.375. The van der Waals surface area contributed by atoms with E-state index in [1.54, 1.807) is 6.07 Å². The fourth-order valence-corrected chi connectivity index (χ4v) is 4.21. The van der Waals surface area contributed by atoms with Crippen LogP contribution in [0.4, 0.5) is 4.79 Å². The fourth-order valence-electron chi connectivity index (χ4n) is 2.54. The normalized spacial score (nSPS) is 25.2. The van der Waals surface area contributed by atoms with Gasteiger partial charge in [0, 0.05) is 17.2 Å². The number of hydrogen-bond acceptors (Lipinski definition) is 5. The summed E-state index contributed by atoms with van der Waals surface area (Å²) in [5, 5.41) is 13.6. The first kappa shape index (κ1) is 13.4. The Labute approximate surface area is 123 Å². The van der Waals surface area contributed by atoms with E-state index in [1.165, 1.54) is 16.2 Å². The van der Waals surface area contributed by atoms with Crippen LogP contribution in [0.1, 0.15) is 16.5 Å². The van der Waals surface area contributed by atoms with Crippen LogP contribution in [0.3, 0.4) is 0 Å². The molecule has 106 valence electrons. The Morgan fingerprint density at radius 2 is 2.25 bits per heavy atom. The molecular weight excluding hydrogens is 300 g/mol. The van der Waals surface area contributed by atoms with Crippen LogP contribution < -0.4 is 5.32 Å². The Bertz CT molecular complexity index is 586. The first-order valence-corrected chi connectivity index (χ1v) is 7.97. The van der Waals surface area contributed by atoms with Crippen molar-refractivity contribution in [1.29, 1.82) is 0 Å². The minimum absolute atomic E-state index is 0.233. The second-order valence-electron chi connectivity index (χ2n) is 4.62. The Kier molecular flexibility index (Phi) is 3.43. The van der Waals surface area contributed by atoms with Crippen LogP contribution in [0, 0.1) is 0 Å². The first-order valence-electron chi connectivity index (χ1n) is 6.11. The molecule has 1 aromatic heterocycles. The average molecular weight is 312 g/mol. The van der Waals surface area contributed by atoms with Gasteiger partial charge in [-0.05, 0) is 23.4 Å². The van der Waals surface area contributed by atoms with Gasteiger partial charge in [0.2, 0.25) is 5.91 Å². The number of nitrogens with one attached hydrogen (secondary N) is 1. The van der Waals surface area contributed by atoms with Gasteiger partial charge in [0.25, 0.3) is 5.24 Å². The van der Waals surface area contributed by atoms with Gasteiger partial charge in [0.05, 0.1) is 0 Å². The molecule has 2 N–H and O–H groups in total. The molecule has 2 atom stereocenters. The number of thiophene rings is 1. The lowest BCUT2D eigenvalue weighted by molar-refractivity contribution is -0.151. The highest BCUT2D eigenvalue weighted by Crippen LogP contribution is 2.34. The second kappa shape index (κ2) is 5.10. The molecule has 2 amide bonds.